The molecule has 0 unspecified atom stereocenters. The van der Waals surface area contributed by atoms with Gasteiger partial charge in [-0.15, -0.1) is 0 Å². The molecule has 1 heterocycles. The zero-order valence-electron chi connectivity index (χ0n) is 13.3. The van der Waals surface area contributed by atoms with Crippen LogP contribution in [0.4, 0.5) is 0 Å². The molecule has 7 nitrogen and oxygen atoms in total. The van der Waals surface area contributed by atoms with Crippen molar-refractivity contribution in [3.8, 4) is 0 Å². The highest BCUT2D eigenvalue weighted by atomic mass is 32.2. The van der Waals surface area contributed by atoms with Crippen molar-refractivity contribution >= 4 is 21.8 Å². The number of benzene rings is 1. The number of nitrogens with one attached hydrogen (secondary N) is 2. The third-order valence-corrected chi connectivity index (χ3v) is 5.27. The Hall–Kier alpha value is -1.93. The lowest BCUT2D eigenvalue weighted by atomic mass is 10.1. The van der Waals surface area contributed by atoms with Gasteiger partial charge in [0, 0.05) is 26.1 Å². The molecular formula is C15H21N3O4S. The first kappa shape index (κ1) is 17.4. The topological polar surface area (TPSA) is 95.6 Å². The Balaban J connectivity index is 1.90. The van der Waals surface area contributed by atoms with Gasteiger partial charge in [0.1, 0.15) is 0 Å². The van der Waals surface area contributed by atoms with Gasteiger partial charge in [-0.3, -0.25) is 9.59 Å². The molecule has 23 heavy (non-hydrogen) atoms. The lowest BCUT2D eigenvalue weighted by Gasteiger charge is -2.26. The van der Waals surface area contributed by atoms with E-state index in [1.807, 2.05) is 13.8 Å². The number of piperazine rings is 1. The third-order valence-electron chi connectivity index (χ3n) is 3.81. The molecular weight excluding hydrogens is 318 g/mol. The van der Waals surface area contributed by atoms with Crippen LogP contribution in [0, 0.1) is 13.8 Å². The summed E-state index contributed by atoms with van der Waals surface area (Å²) in [5.74, 6) is -0.428. The maximum atomic E-state index is 12.2. The van der Waals surface area contributed by atoms with Crippen molar-refractivity contribution in [2.75, 3.05) is 26.2 Å². The minimum atomic E-state index is -3.64. The molecule has 8 heteroatoms. The Kier molecular flexibility index (Phi) is 5.38. The lowest BCUT2D eigenvalue weighted by Crippen LogP contribution is -2.50. The molecule has 0 aromatic heterocycles. The van der Waals surface area contributed by atoms with Gasteiger partial charge in [-0.1, -0.05) is 6.07 Å². The average molecular weight is 339 g/mol. The van der Waals surface area contributed by atoms with E-state index in [0.717, 1.165) is 11.1 Å². The fraction of sp³-hybridized carbons (Fsp3) is 0.467. The van der Waals surface area contributed by atoms with Crippen LogP contribution in [-0.4, -0.2) is 51.3 Å². The summed E-state index contributed by atoms with van der Waals surface area (Å²) >= 11 is 0. The molecule has 1 aromatic carbocycles. The summed E-state index contributed by atoms with van der Waals surface area (Å²) in [4.78, 5) is 24.8. The van der Waals surface area contributed by atoms with Gasteiger partial charge in [0.15, 0.2) is 0 Å². The second kappa shape index (κ2) is 7.10. The number of sulfonamides is 1. The van der Waals surface area contributed by atoms with Crippen LogP contribution in [0.25, 0.3) is 0 Å². The van der Waals surface area contributed by atoms with Crippen LogP contribution in [0.2, 0.25) is 0 Å². The van der Waals surface area contributed by atoms with Crippen LogP contribution in [0.3, 0.4) is 0 Å². The average Bonchev–Trinajstić information content (AvgIpc) is 2.49. The Morgan fingerprint density at radius 3 is 2.70 bits per heavy atom. The number of carbonyl (C=O) groups is 2. The van der Waals surface area contributed by atoms with Crippen LogP contribution < -0.4 is 10.0 Å². The SMILES string of the molecule is Cc1ccc(S(=O)(=O)NCCC(=O)N2CCNC(=O)C2)cc1C. The molecule has 2 amide bonds. The molecule has 0 bridgehead atoms. The standard InChI is InChI=1S/C15H21N3O4S/c1-11-3-4-13(9-12(11)2)23(21,22)17-6-5-15(20)18-8-7-16-14(19)10-18/h3-4,9,17H,5-8,10H2,1-2H3,(H,16,19). The van der Waals surface area contributed by atoms with Gasteiger partial charge >= 0.3 is 0 Å². The minimum Gasteiger partial charge on any atom is -0.353 e. The Labute approximate surface area is 136 Å². The first-order chi connectivity index (χ1) is 10.8. The van der Waals surface area contributed by atoms with Crippen molar-refractivity contribution in [2.24, 2.45) is 0 Å². The number of aryl methyl sites for hydroxylation is 2. The molecule has 0 spiro atoms. The Morgan fingerprint density at radius 2 is 2.04 bits per heavy atom. The zero-order chi connectivity index (χ0) is 17.0. The predicted molar refractivity (Wildman–Crippen MR) is 85.3 cm³/mol. The van der Waals surface area contributed by atoms with E-state index in [1.165, 1.54) is 4.90 Å². The highest BCUT2D eigenvalue weighted by Gasteiger charge is 2.21. The van der Waals surface area contributed by atoms with Gasteiger partial charge in [0.05, 0.1) is 11.4 Å². The van der Waals surface area contributed by atoms with Gasteiger partial charge in [-0.2, -0.15) is 0 Å². The summed E-state index contributed by atoms with van der Waals surface area (Å²) in [6, 6.07) is 4.90. The van der Waals surface area contributed by atoms with Crippen molar-refractivity contribution in [1.82, 2.24) is 14.9 Å². The summed E-state index contributed by atoms with van der Waals surface area (Å²) in [5.41, 5.74) is 1.91. The van der Waals surface area contributed by atoms with E-state index in [-0.39, 0.29) is 36.2 Å². The van der Waals surface area contributed by atoms with Gasteiger partial charge < -0.3 is 10.2 Å². The van der Waals surface area contributed by atoms with E-state index >= 15 is 0 Å². The molecule has 0 radical (unpaired) electrons. The lowest BCUT2D eigenvalue weighted by molar-refractivity contribution is -0.138. The number of nitrogens with zero attached hydrogens (tertiary/aromatic N) is 1. The minimum absolute atomic E-state index is 0.00616. The largest absolute Gasteiger partial charge is 0.353 e. The zero-order valence-corrected chi connectivity index (χ0v) is 14.1. The van der Waals surface area contributed by atoms with Gasteiger partial charge in [0.2, 0.25) is 21.8 Å². The summed E-state index contributed by atoms with van der Waals surface area (Å²) in [6.07, 6.45) is 0.0252. The number of hydrogen-bond donors (Lipinski definition) is 2. The van der Waals surface area contributed by atoms with E-state index in [9.17, 15) is 18.0 Å². The second-order valence-corrected chi connectivity index (χ2v) is 7.33. The van der Waals surface area contributed by atoms with E-state index < -0.39 is 10.0 Å². The number of amides is 2. The molecule has 0 saturated carbocycles. The first-order valence-electron chi connectivity index (χ1n) is 7.41. The monoisotopic (exact) mass is 339 g/mol. The summed E-state index contributed by atoms with van der Waals surface area (Å²) < 4.78 is 26.8. The maximum Gasteiger partial charge on any atom is 0.240 e. The highest BCUT2D eigenvalue weighted by Crippen LogP contribution is 2.14. The summed E-state index contributed by atoms with van der Waals surface area (Å²) in [7, 11) is -3.64. The third kappa shape index (κ3) is 4.52. The van der Waals surface area contributed by atoms with E-state index in [4.69, 9.17) is 0 Å². The van der Waals surface area contributed by atoms with Crippen molar-refractivity contribution < 1.29 is 18.0 Å². The van der Waals surface area contributed by atoms with Crippen LogP contribution in [0.5, 0.6) is 0 Å². The molecule has 1 aliphatic rings. The maximum absolute atomic E-state index is 12.2. The summed E-state index contributed by atoms with van der Waals surface area (Å²) in [5, 5.41) is 2.63. The van der Waals surface area contributed by atoms with Crippen molar-refractivity contribution in [1.29, 1.82) is 0 Å². The van der Waals surface area contributed by atoms with Crippen LogP contribution in [0.1, 0.15) is 17.5 Å². The van der Waals surface area contributed by atoms with Crippen LogP contribution in [-0.2, 0) is 19.6 Å². The van der Waals surface area contributed by atoms with E-state index in [2.05, 4.69) is 10.0 Å². The molecule has 0 aliphatic carbocycles. The summed E-state index contributed by atoms with van der Waals surface area (Å²) in [6.45, 7) is 4.67. The predicted octanol–water partition coefficient (Wildman–Crippen LogP) is -0.0698. The molecule has 1 saturated heterocycles. The molecule has 0 atom stereocenters. The fourth-order valence-corrected chi connectivity index (χ4v) is 3.38. The Morgan fingerprint density at radius 1 is 1.30 bits per heavy atom. The van der Waals surface area contributed by atoms with Crippen LogP contribution in [0.15, 0.2) is 23.1 Å². The quantitative estimate of drug-likeness (QED) is 0.785. The molecule has 2 rings (SSSR count). The normalized spacial score (nSPS) is 15.4. The van der Waals surface area contributed by atoms with Gasteiger partial charge in [0.25, 0.3) is 0 Å². The van der Waals surface area contributed by atoms with E-state index in [1.54, 1.807) is 18.2 Å². The Bertz CT molecular complexity index is 715. The van der Waals surface area contributed by atoms with Crippen molar-refractivity contribution in [3.63, 3.8) is 0 Å². The second-order valence-electron chi connectivity index (χ2n) is 5.56. The van der Waals surface area contributed by atoms with Crippen molar-refractivity contribution in [3.05, 3.63) is 29.3 Å². The fourth-order valence-electron chi connectivity index (χ4n) is 2.27. The van der Waals surface area contributed by atoms with Crippen molar-refractivity contribution in [2.45, 2.75) is 25.2 Å². The molecule has 1 fully saturated rings. The van der Waals surface area contributed by atoms with Gasteiger partial charge in [-0.25, -0.2) is 13.1 Å². The molecule has 2 N–H and O–H groups in total. The molecule has 1 aliphatic heterocycles. The van der Waals surface area contributed by atoms with E-state index in [0.29, 0.717) is 13.1 Å². The molecule has 1 aromatic rings. The molecule has 126 valence electrons. The number of carbonyl (C=O) groups excluding carboxylic acids is 2. The number of hydrogen-bond acceptors (Lipinski definition) is 4. The first-order valence-corrected chi connectivity index (χ1v) is 8.89. The van der Waals surface area contributed by atoms with Crippen LogP contribution >= 0.6 is 0 Å². The van der Waals surface area contributed by atoms with Gasteiger partial charge in [-0.05, 0) is 37.1 Å². The number of rotatable bonds is 5. The highest BCUT2D eigenvalue weighted by molar-refractivity contribution is 7.89. The smallest absolute Gasteiger partial charge is 0.240 e.